The van der Waals surface area contributed by atoms with E-state index >= 15 is 0 Å². The first-order valence-corrected chi connectivity index (χ1v) is 6.58. The lowest BCUT2D eigenvalue weighted by atomic mass is 10.1. The van der Waals surface area contributed by atoms with E-state index < -0.39 is 5.97 Å². The summed E-state index contributed by atoms with van der Waals surface area (Å²) in [5.74, 6) is -0.735. The number of hydrogen-bond donors (Lipinski definition) is 1. The number of aryl methyl sites for hydroxylation is 2. The summed E-state index contributed by atoms with van der Waals surface area (Å²) < 4.78 is 0. The second-order valence-corrected chi connectivity index (χ2v) is 4.83. The Balaban J connectivity index is 2.82. The molecule has 0 radical (unpaired) electrons. The highest BCUT2D eigenvalue weighted by atomic mass is 16.4. The standard InChI is InChI=1S/C15H23NO2/c1-4-5-7-16(8-6-15(17)18)14-10-12(2)9-13(3)11-14/h9-11H,4-8H2,1-3H3,(H,17,18). The summed E-state index contributed by atoms with van der Waals surface area (Å²) >= 11 is 0. The van der Waals surface area contributed by atoms with Crippen LogP contribution < -0.4 is 4.90 Å². The van der Waals surface area contributed by atoms with Gasteiger partial charge in [0.1, 0.15) is 0 Å². The summed E-state index contributed by atoms with van der Waals surface area (Å²) in [5.41, 5.74) is 3.59. The molecule has 100 valence electrons. The second kappa shape index (κ2) is 7.04. The molecule has 0 saturated carbocycles. The molecule has 0 fully saturated rings. The topological polar surface area (TPSA) is 40.5 Å². The SMILES string of the molecule is CCCCN(CCC(=O)O)c1cc(C)cc(C)c1. The van der Waals surface area contributed by atoms with E-state index in [1.807, 2.05) is 0 Å². The minimum absolute atomic E-state index is 0.191. The average Bonchev–Trinajstić information content (AvgIpc) is 2.27. The maximum Gasteiger partial charge on any atom is 0.305 e. The largest absolute Gasteiger partial charge is 0.481 e. The van der Waals surface area contributed by atoms with E-state index in [4.69, 9.17) is 5.11 Å². The molecule has 0 saturated heterocycles. The molecule has 0 unspecified atom stereocenters. The van der Waals surface area contributed by atoms with Crippen LogP contribution in [0.5, 0.6) is 0 Å². The van der Waals surface area contributed by atoms with E-state index in [-0.39, 0.29) is 6.42 Å². The van der Waals surface area contributed by atoms with E-state index in [9.17, 15) is 4.79 Å². The lowest BCUT2D eigenvalue weighted by Crippen LogP contribution is -2.27. The van der Waals surface area contributed by atoms with Gasteiger partial charge in [-0.25, -0.2) is 0 Å². The third-order valence-corrected chi connectivity index (χ3v) is 2.95. The van der Waals surface area contributed by atoms with Crippen LogP contribution in [0.1, 0.15) is 37.3 Å². The van der Waals surface area contributed by atoms with Gasteiger partial charge in [-0.2, -0.15) is 0 Å². The van der Waals surface area contributed by atoms with E-state index in [1.54, 1.807) is 0 Å². The third-order valence-electron chi connectivity index (χ3n) is 2.95. The van der Waals surface area contributed by atoms with E-state index in [1.165, 1.54) is 11.1 Å². The lowest BCUT2D eigenvalue weighted by molar-refractivity contribution is -0.136. The van der Waals surface area contributed by atoms with E-state index in [0.29, 0.717) is 6.54 Å². The first-order valence-electron chi connectivity index (χ1n) is 6.58. The molecular formula is C15H23NO2. The summed E-state index contributed by atoms with van der Waals surface area (Å²) in [6.45, 7) is 7.80. The zero-order valence-electron chi connectivity index (χ0n) is 11.6. The molecule has 0 spiro atoms. The van der Waals surface area contributed by atoms with Gasteiger partial charge >= 0.3 is 5.97 Å². The first-order chi connectivity index (χ1) is 8.52. The summed E-state index contributed by atoms with van der Waals surface area (Å²) in [7, 11) is 0. The lowest BCUT2D eigenvalue weighted by Gasteiger charge is -2.25. The molecule has 0 aliphatic heterocycles. The number of anilines is 1. The Hall–Kier alpha value is -1.51. The van der Waals surface area contributed by atoms with Crippen molar-refractivity contribution in [3.8, 4) is 0 Å². The quantitative estimate of drug-likeness (QED) is 0.805. The van der Waals surface area contributed by atoms with Gasteiger partial charge in [0, 0.05) is 18.8 Å². The smallest absolute Gasteiger partial charge is 0.305 e. The summed E-state index contributed by atoms with van der Waals surface area (Å²) in [5, 5.41) is 8.82. The molecule has 0 amide bonds. The molecule has 3 heteroatoms. The number of carboxylic acid groups (broad SMARTS) is 1. The number of carbonyl (C=O) groups is 1. The van der Waals surface area contributed by atoms with Crippen LogP contribution in [0.25, 0.3) is 0 Å². The summed E-state index contributed by atoms with van der Waals surface area (Å²) in [6, 6.07) is 6.40. The van der Waals surface area contributed by atoms with Crippen molar-refractivity contribution in [3.05, 3.63) is 29.3 Å². The highest BCUT2D eigenvalue weighted by Gasteiger charge is 2.09. The fourth-order valence-electron chi connectivity index (χ4n) is 2.08. The van der Waals surface area contributed by atoms with Gasteiger partial charge in [0.25, 0.3) is 0 Å². The molecule has 0 aliphatic carbocycles. The Morgan fingerprint density at radius 1 is 1.17 bits per heavy atom. The maximum atomic E-state index is 10.7. The summed E-state index contributed by atoms with van der Waals surface area (Å²) in [6.07, 6.45) is 2.40. The minimum Gasteiger partial charge on any atom is -0.481 e. The number of hydrogen-bond acceptors (Lipinski definition) is 2. The third kappa shape index (κ3) is 4.78. The molecule has 0 aromatic heterocycles. The number of rotatable bonds is 7. The number of carboxylic acids is 1. The predicted molar refractivity (Wildman–Crippen MR) is 75.3 cm³/mol. The van der Waals surface area contributed by atoms with Crippen LogP contribution >= 0.6 is 0 Å². The van der Waals surface area contributed by atoms with Gasteiger partial charge in [0.2, 0.25) is 0 Å². The van der Waals surface area contributed by atoms with Crippen LogP contribution in [-0.2, 0) is 4.79 Å². The Bertz CT molecular complexity index is 381. The molecule has 1 rings (SSSR count). The predicted octanol–water partition coefficient (Wildman–Crippen LogP) is 3.38. The van der Waals surface area contributed by atoms with Crippen LogP contribution in [-0.4, -0.2) is 24.2 Å². The van der Waals surface area contributed by atoms with Gasteiger partial charge in [-0.3, -0.25) is 4.79 Å². The van der Waals surface area contributed by atoms with Crippen LogP contribution in [0.3, 0.4) is 0 Å². The monoisotopic (exact) mass is 249 g/mol. The van der Waals surface area contributed by atoms with Gasteiger partial charge in [-0.15, -0.1) is 0 Å². The zero-order valence-corrected chi connectivity index (χ0v) is 11.6. The Labute approximate surface area is 109 Å². The molecule has 1 aromatic rings. The molecule has 0 atom stereocenters. The van der Waals surface area contributed by atoms with Crippen molar-refractivity contribution in [2.45, 2.75) is 40.0 Å². The Morgan fingerprint density at radius 2 is 1.78 bits per heavy atom. The maximum absolute atomic E-state index is 10.7. The molecule has 3 nitrogen and oxygen atoms in total. The normalized spacial score (nSPS) is 10.4. The number of unbranched alkanes of at least 4 members (excludes halogenated alkanes) is 1. The first kappa shape index (κ1) is 14.6. The number of aliphatic carboxylic acids is 1. The van der Waals surface area contributed by atoms with Crippen LogP contribution in [0.2, 0.25) is 0 Å². The van der Waals surface area contributed by atoms with E-state index in [2.05, 4.69) is 43.9 Å². The molecule has 0 aliphatic rings. The second-order valence-electron chi connectivity index (χ2n) is 4.83. The highest BCUT2D eigenvalue weighted by molar-refractivity contribution is 5.67. The molecule has 0 bridgehead atoms. The van der Waals surface area contributed by atoms with Crippen LogP contribution in [0, 0.1) is 13.8 Å². The van der Waals surface area contributed by atoms with Crippen LogP contribution in [0.15, 0.2) is 18.2 Å². The molecule has 1 aromatic carbocycles. The minimum atomic E-state index is -0.735. The molecule has 1 N–H and O–H groups in total. The van der Waals surface area contributed by atoms with Crippen molar-refractivity contribution in [3.63, 3.8) is 0 Å². The van der Waals surface area contributed by atoms with Crippen molar-refractivity contribution < 1.29 is 9.90 Å². The average molecular weight is 249 g/mol. The fourth-order valence-corrected chi connectivity index (χ4v) is 2.08. The zero-order chi connectivity index (χ0) is 13.5. The number of nitrogens with zero attached hydrogens (tertiary/aromatic N) is 1. The van der Waals surface area contributed by atoms with Crippen molar-refractivity contribution >= 4 is 11.7 Å². The van der Waals surface area contributed by atoms with Crippen molar-refractivity contribution in [2.75, 3.05) is 18.0 Å². The van der Waals surface area contributed by atoms with Gasteiger partial charge in [0.05, 0.1) is 6.42 Å². The van der Waals surface area contributed by atoms with Gasteiger partial charge in [-0.1, -0.05) is 19.4 Å². The van der Waals surface area contributed by atoms with Crippen molar-refractivity contribution in [2.24, 2.45) is 0 Å². The van der Waals surface area contributed by atoms with Crippen molar-refractivity contribution in [1.82, 2.24) is 0 Å². The Kier molecular flexibility index (Phi) is 5.69. The molecule has 18 heavy (non-hydrogen) atoms. The van der Waals surface area contributed by atoms with Crippen LogP contribution in [0.4, 0.5) is 5.69 Å². The highest BCUT2D eigenvalue weighted by Crippen LogP contribution is 2.19. The molecule has 0 heterocycles. The van der Waals surface area contributed by atoms with Gasteiger partial charge < -0.3 is 10.0 Å². The van der Waals surface area contributed by atoms with Crippen molar-refractivity contribution in [1.29, 1.82) is 0 Å². The molecular weight excluding hydrogens is 226 g/mol. The Morgan fingerprint density at radius 3 is 2.28 bits per heavy atom. The van der Waals surface area contributed by atoms with E-state index in [0.717, 1.165) is 25.1 Å². The number of benzene rings is 1. The van der Waals surface area contributed by atoms with Gasteiger partial charge in [-0.05, 0) is 43.5 Å². The fraction of sp³-hybridized carbons (Fsp3) is 0.533. The van der Waals surface area contributed by atoms with Gasteiger partial charge in [0.15, 0.2) is 0 Å². The summed E-state index contributed by atoms with van der Waals surface area (Å²) in [4.78, 5) is 12.9.